The average molecular weight is 254 g/mol. The van der Waals surface area contributed by atoms with Gasteiger partial charge in [-0.15, -0.1) is 0 Å². The summed E-state index contributed by atoms with van der Waals surface area (Å²) >= 11 is 0. The van der Waals surface area contributed by atoms with Gasteiger partial charge in [-0.1, -0.05) is 6.07 Å². The molecule has 0 aromatic heterocycles. The Morgan fingerprint density at radius 2 is 2.06 bits per heavy atom. The van der Waals surface area contributed by atoms with E-state index in [0.717, 1.165) is 31.4 Å². The Bertz CT molecular complexity index is 448. The molecule has 0 aliphatic heterocycles. The van der Waals surface area contributed by atoms with Crippen molar-refractivity contribution >= 4 is 5.78 Å². The van der Waals surface area contributed by atoms with Crippen molar-refractivity contribution in [2.24, 2.45) is 0 Å². The third-order valence-corrected chi connectivity index (χ3v) is 3.60. The molecule has 0 unspecified atom stereocenters. The van der Waals surface area contributed by atoms with Gasteiger partial charge in [0.1, 0.15) is 5.78 Å². The maximum atomic E-state index is 13.0. The predicted molar refractivity (Wildman–Crippen MR) is 63.3 cm³/mol. The third-order valence-electron chi connectivity index (χ3n) is 3.60. The molecular weight excluding hydrogens is 238 g/mol. The lowest BCUT2D eigenvalue weighted by molar-refractivity contribution is -0.131. The number of benzene rings is 1. The van der Waals surface area contributed by atoms with Crippen LogP contribution in [0.25, 0.3) is 0 Å². The summed E-state index contributed by atoms with van der Waals surface area (Å²) in [5.41, 5.74) is 0.194. The van der Waals surface area contributed by atoms with Crippen molar-refractivity contribution in [2.45, 2.75) is 37.7 Å². The summed E-state index contributed by atoms with van der Waals surface area (Å²) in [4.78, 5) is 11.9. The first-order valence-corrected chi connectivity index (χ1v) is 6.05. The second kappa shape index (κ2) is 5.14. The third kappa shape index (κ3) is 2.75. The number of methoxy groups -OCH3 is 1. The molecule has 0 amide bonds. The van der Waals surface area contributed by atoms with Crippen LogP contribution < -0.4 is 0 Å². The van der Waals surface area contributed by atoms with E-state index in [0.29, 0.717) is 12.0 Å². The number of halogens is 2. The summed E-state index contributed by atoms with van der Waals surface area (Å²) in [6, 6.07) is 3.57. The summed E-state index contributed by atoms with van der Waals surface area (Å²) in [7, 11) is 1.62. The lowest BCUT2D eigenvalue weighted by atomic mass is 9.76. The van der Waals surface area contributed by atoms with Gasteiger partial charge in [0.15, 0.2) is 11.6 Å². The van der Waals surface area contributed by atoms with Gasteiger partial charge in [0.05, 0.1) is 5.60 Å². The molecule has 0 atom stereocenters. The number of carbonyl (C=O) groups is 1. The highest BCUT2D eigenvalue weighted by atomic mass is 19.2. The van der Waals surface area contributed by atoms with Crippen LogP contribution in [-0.2, 0) is 16.0 Å². The van der Waals surface area contributed by atoms with Gasteiger partial charge in [0, 0.05) is 20.0 Å². The fraction of sp³-hybridized carbons (Fsp3) is 0.500. The molecule has 98 valence electrons. The fourth-order valence-electron chi connectivity index (χ4n) is 2.32. The van der Waals surface area contributed by atoms with Gasteiger partial charge in [0.2, 0.25) is 0 Å². The van der Waals surface area contributed by atoms with E-state index in [1.54, 1.807) is 7.11 Å². The number of hydrogen-bond acceptors (Lipinski definition) is 2. The first-order chi connectivity index (χ1) is 8.54. The Morgan fingerprint density at radius 3 is 2.56 bits per heavy atom. The maximum Gasteiger partial charge on any atom is 0.159 e. The second-order valence-corrected chi connectivity index (χ2v) is 4.88. The van der Waals surface area contributed by atoms with Crippen molar-refractivity contribution < 1.29 is 18.3 Å². The standard InChI is InChI=1S/C14H16F2O2/c1-18-14(5-2-6-14)9-11(17)7-10-3-4-12(15)13(16)8-10/h3-4,8H,2,5-7,9H2,1H3. The summed E-state index contributed by atoms with van der Waals surface area (Å²) in [5, 5.41) is 0. The quantitative estimate of drug-likeness (QED) is 0.807. The minimum absolute atomic E-state index is 0.00237. The summed E-state index contributed by atoms with van der Waals surface area (Å²) in [5.74, 6) is -1.80. The van der Waals surface area contributed by atoms with E-state index in [9.17, 15) is 13.6 Å². The minimum Gasteiger partial charge on any atom is -0.378 e. The van der Waals surface area contributed by atoms with Crippen LogP contribution >= 0.6 is 0 Å². The van der Waals surface area contributed by atoms with Gasteiger partial charge in [0.25, 0.3) is 0 Å². The number of ether oxygens (including phenoxy) is 1. The molecule has 0 saturated heterocycles. The van der Waals surface area contributed by atoms with Crippen molar-refractivity contribution in [3.05, 3.63) is 35.4 Å². The van der Waals surface area contributed by atoms with E-state index in [1.165, 1.54) is 6.07 Å². The molecule has 0 heterocycles. The van der Waals surface area contributed by atoms with Crippen LogP contribution in [0.3, 0.4) is 0 Å². The Kier molecular flexibility index (Phi) is 3.76. The molecule has 18 heavy (non-hydrogen) atoms. The molecule has 4 heteroatoms. The van der Waals surface area contributed by atoms with Crippen LogP contribution in [0, 0.1) is 11.6 Å². The Balaban J connectivity index is 1.96. The highest BCUT2D eigenvalue weighted by Crippen LogP contribution is 2.38. The van der Waals surface area contributed by atoms with E-state index < -0.39 is 11.6 Å². The largest absolute Gasteiger partial charge is 0.378 e. The molecule has 1 aromatic carbocycles. The fourth-order valence-corrected chi connectivity index (χ4v) is 2.32. The normalized spacial score (nSPS) is 17.3. The van der Waals surface area contributed by atoms with Crippen LogP contribution in [0.5, 0.6) is 0 Å². The monoisotopic (exact) mass is 254 g/mol. The molecule has 1 aliphatic carbocycles. The molecule has 2 rings (SSSR count). The van der Waals surface area contributed by atoms with Crippen LogP contribution in [-0.4, -0.2) is 18.5 Å². The molecule has 1 fully saturated rings. The molecule has 1 saturated carbocycles. The molecule has 2 nitrogen and oxygen atoms in total. The van der Waals surface area contributed by atoms with Gasteiger partial charge in [-0.2, -0.15) is 0 Å². The Hall–Kier alpha value is -1.29. The van der Waals surface area contributed by atoms with Crippen molar-refractivity contribution in [3.63, 3.8) is 0 Å². The SMILES string of the molecule is COC1(CC(=O)Cc2ccc(F)c(F)c2)CCC1. The first-order valence-electron chi connectivity index (χ1n) is 6.05. The number of Topliss-reactive ketones (excluding diaryl/α,β-unsaturated/α-hetero) is 1. The molecule has 1 aromatic rings. The summed E-state index contributed by atoms with van der Waals surface area (Å²) in [6.45, 7) is 0. The zero-order valence-electron chi connectivity index (χ0n) is 10.3. The molecule has 0 radical (unpaired) electrons. The number of carbonyl (C=O) groups excluding carboxylic acids is 1. The molecule has 1 aliphatic rings. The molecule has 0 N–H and O–H groups in total. The average Bonchev–Trinajstić information content (AvgIpc) is 2.29. The van der Waals surface area contributed by atoms with Crippen molar-refractivity contribution in [1.29, 1.82) is 0 Å². The van der Waals surface area contributed by atoms with E-state index >= 15 is 0 Å². The van der Waals surface area contributed by atoms with Crippen LogP contribution in [0.1, 0.15) is 31.2 Å². The van der Waals surface area contributed by atoms with Gasteiger partial charge in [-0.3, -0.25) is 4.79 Å². The topological polar surface area (TPSA) is 26.3 Å². The van der Waals surface area contributed by atoms with E-state index in [1.807, 2.05) is 0 Å². The van der Waals surface area contributed by atoms with Gasteiger partial charge in [-0.25, -0.2) is 8.78 Å². The number of ketones is 1. The molecular formula is C14H16F2O2. The van der Waals surface area contributed by atoms with Crippen molar-refractivity contribution in [1.82, 2.24) is 0 Å². The zero-order chi connectivity index (χ0) is 13.2. The lowest BCUT2D eigenvalue weighted by Crippen LogP contribution is -2.41. The zero-order valence-corrected chi connectivity index (χ0v) is 10.3. The maximum absolute atomic E-state index is 13.0. The van der Waals surface area contributed by atoms with E-state index in [4.69, 9.17) is 4.74 Å². The van der Waals surface area contributed by atoms with Crippen LogP contribution in [0.4, 0.5) is 8.78 Å². The highest BCUT2D eigenvalue weighted by molar-refractivity contribution is 5.82. The number of hydrogen-bond donors (Lipinski definition) is 0. The molecule has 0 spiro atoms. The van der Waals surface area contributed by atoms with E-state index in [-0.39, 0.29) is 17.8 Å². The summed E-state index contributed by atoms with van der Waals surface area (Å²) < 4.78 is 31.1. The summed E-state index contributed by atoms with van der Waals surface area (Å²) in [6.07, 6.45) is 3.34. The van der Waals surface area contributed by atoms with Crippen LogP contribution in [0.15, 0.2) is 18.2 Å². The van der Waals surface area contributed by atoms with Crippen molar-refractivity contribution in [2.75, 3.05) is 7.11 Å². The number of rotatable bonds is 5. The lowest BCUT2D eigenvalue weighted by Gasteiger charge is -2.40. The van der Waals surface area contributed by atoms with E-state index in [2.05, 4.69) is 0 Å². The van der Waals surface area contributed by atoms with Crippen molar-refractivity contribution in [3.8, 4) is 0 Å². The molecule has 0 bridgehead atoms. The first kappa shape index (κ1) is 13.1. The predicted octanol–water partition coefficient (Wildman–Crippen LogP) is 3.04. The second-order valence-electron chi connectivity index (χ2n) is 4.88. The Morgan fingerprint density at radius 1 is 1.33 bits per heavy atom. The van der Waals surface area contributed by atoms with Gasteiger partial charge >= 0.3 is 0 Å². The van der Waals surface area contributed by atoms with Gasteiger partial charge in [-0.05, 0) is 37.0 Å². The Labute approximate surface area is 105 Å². The smallest absolute Gasteiger partial charge is 0.159 e. The van der Waals surface area contributed by atoms with Gasteiger partial charge < -0.3 is 4.74 Å². The van der Waals surface area contributed by atoms with Crippen LogP contribution in [0.2, 0.25) is 0 Å². The highest BCUT2D eigenvalue weighted by Gasteiger charge is 2.38. The minimum atomic E-state index is -0.912.